The number of fused-ring (bicyclic) bond motifs is 1. The van der Waals surface area contributed by atoms with Crippen LogP contribution < -0.4 is 0 Å². The minimum absolute atomic E-state index is 0.441. The van der Waals surface area contributed by atoms with Crippen molar-refractivity contribution >= 4 is 11.7 Å². The lowest BCUT2D eigenvalue weighted by atomic mass is 9.87. The second-order valence-electron chi connectivity index (χ2n) is 5.26. The molecule has 0 saturated heterocycles. The van der Waals surface area contributed by atoms with Crippen molar-refractivity contribution in [1.29, 1.82) is 0 Å². The Labute approximate surface area is 107 Å². The summed E-state index contributed by atoms with van der Waals surface area (Å²) >= 11 is 0. The Hall–Kier alpha value is -1.64. The van der Waals surface area contributed by atoms with Crippen LogP contribution in [0.25, 0.3) is 0 Å². The van der Waals surface area contributed by atoms with Crippen LogP contribution in [0.1, 0.15) is 38.5 Å². The Kier molecular flexibility index (Phi) is 2.90. The topological polar surface area (TPSA) is 49.7 Å². The van der Waals surface area contributed by atoms with Crippen molar-refractivity contribution in [2.45, 2.75) is 38.5 Å². The number of carboxylic acid groups (broad SMARTS) is 1. The summed E-state index contributed by atoms with van der Waals surface area (Å²) in [6, 6.07) is 0. The van der Waals surface area contributed by atoms with E-state index in [4.69, 9.17) is 5.11 Å². The Bertz CT molecular complexity index is 503. The third-order valence-corrected chi connectivity index (χ3v) is 4.02. The zero-order chi connectivity index (χ0) is 12.5. The summed E-state index contributed by atoms with van der Waals surface area (Å²) in [5, 5.41) is 9.00. The largest absolute Gasteiger partial charge is 0.478 e. The summed E-state index contributed by atoms with van der Waals surface area (Å²) in [6.07, 6.45) is 12.6. The number of aliphatic imine (C=N–C) groups is 1. The molecule has 0 amide bonds. The lowest BCUT2D eigenvalue weighted by Gasteiger charge is -2.20. The Balaban J connectivity index is 1.79. The lowest BCUT2D eigenvalue weighted by Crippen LogP contribution is -2.11. The first kappa shape index (κ1) is 11.5. The van der Waals surface area contributed by atoms with Gasteiger partial charge < -0.3 is 5.11 Å². The van der Waals surface area contributed by atoms with Crippen LogP contribution in [0.5, 0.6) is 0 Å². The number of hydrogen-bond acceptors (Lipinski definition) is 2. The molecule has 18 heavy (non-hydrogen) atoms. The molecule has 0 aromatic heterocycles. The van der Waals surface area contributed by atoms with E-state index in [2.05, 4.69) is 11.1 Å². The fraction of sp³-hybridized carbons (Fsp3) is 0.467. The molecule has 2 aliphatic carbocycles. The number of carbonyl (C=O) groups is 1. The molecule has 0 radical (unpaired) electrons. The van der Waals surface area contributed by atoms with E-state index in [0.29, 0.717) is 17.9 Å². The summed E-state index contributed by atoms with van der Waals surface area (Å²) < 4.78 is 0. The van der Waals surface area contributed by atoms with Crippen molar-refractivity contribution in [1.82, 2.24) is 0 Å². The standard InChI is InChI=1S/C15H17NO2/c17-15(18)12-7-6-11-8-13(16-14(11)9-12)10-4-2-1-3-5-10/h6-8,10H,1-5,9H2,(H,17,18). The van der Waals surface area contributed by atoms with Crippen molar-refractivity contribution < 1.29 is 9.90 Å². The van der Waals surface area contributed by atoms with Crippen LogP contribution in [0.3, 0.4) is 0 Å². The van der Waals surface area contributed by atoms with Gasteiger partial charge in [0.25, 0.3) is 0 Å². The minimum Gasteiger partial charge on any atom is -0.478 e. The van der Waals surface area contributed by atoms with Gasteiger partial charge in [0.1, 0.15) is 0 Å². The Morgan fingerprint density at radius 1 is 1.22 bits per heavy atom. The van der Waals surface area contributed by atoms with Crippen molar-refractivity contribution in [3.05, 3.63) is 35.1 Å². The smallest absolute Gasteiger partial charge is 0.331 e. The average molecular weight is 243 g/mol. The first-order chi connectivity index (χ1) is 8.74. The molecule has 1 N–H and O–H groups in total. The van der Waals surface area contributed by atoms with Gasteiger partial charge in [0, 0.05) is 23.6 Å². The Morgan fingerprint density at radius 3 is 2.72 bits per heavy atom. The van der Waals surface area contributed by atoms with Gasteiger partial charge in [0.05, 0.1) is 5.71 Å². The molecule has 1 saturated carbocycles. The number of rotatable bonds is 2. The monoisotopic (exact) mass is 243 g/mol. The van der Waals surface area contributed by atoms with E-state index >= 15 is 0 Å². The normalized spacial score (nSPS) is 23.8. The second-order valence-corrected chi connectivity index (χ2v) is 5.26. The van der Waals surface area contributed by atoms with Gasteiger partial charge in [-0.3, -0.25) is 4.99 Å². The second kappa shape index (κ2) is 4.56. The third-order valence-electron chi connectivity index (χ3n) is 4.02. The predicted octanol–water partition coefficient (Wildman–Crippen LogP) is 3.25. The summed E-state index contributed by atoms with van der Waals surface area (Å²) in [5.41, 5.74) is 3.67. The van der Waals surface area contributed by atoms with Crippen molar-refractivity contribution in [2.75, 3.05) is 0 Å². The minimum atomic E-state index is -0.834. The van der Waals surface area contributed by atoms with Gasteiger partial charge in [-0.25, -0.2) is 4.79 Å². The number of allylic oxidation sites excluding steroid dienone is 5. The Morgan fingerprint density at radius 2 is 2.00 bits per heavy atom. The van der Waals surface area contributed by atoms with E-state index in [1.165, 1.54) is 37.8 Å². The molecule has 1 aliphatic heterocycles. The van der Waals surface area contributed by atoms with Crippen LogP contribution >= 0.6 is 0 Å². The van der Waals surface area contributed by atoms with Crippen LogP contribution in [-0.2, 0) is 4.79 Å². The number of aliphatic carboxylic acids is 1. The van der Waals surface area contributed by atoms with Crippen molar-refractivity contribution in [3.8, 4) is 0 Å². The zero-order valence-corrected chi connectivity index (χ0v) is 10.4. The first-order valence-electron chi connectivity index (χ1n) is 6.68. The summed E-state index contributed by atoms with van der Waals surface area (Å²) in [7, 11) is 0. The number of nitrogens with zero attached hydrogens (tertiary/aromatic N) is 1. The summed E-state index contributed by atoms with van der Waals surface area (Å²) in [5.74, 6) is -0.245. The molecule has 3 rings (SSSR count). The quantitative estimate of drug-likeness (QED) is 0.809. The van der Waals surface area contributed by atoms with E-state index in [-0.39, 0.29) is 0 Å². The molecule has 0 aromatic carbocycles. The zero-order valence-electron chi connectivity index (χ0n) is 10.4. The van der Waals surface area contributed by atoms with Gasteiger partial charge >= 0.3 is 5.97 Å². The van der Waals surface area contributed by atoms with Crippen molar-refractivity contribution in [3.63, 3.8) is 0 Å². The molecule has 1 fully saturated rings. The van der Waals surface area contributed by atoms with Crippen LogP contribution in [0.4, 0.5) is 0 Å². The molecule has 0 aromatic rings. The number of carboxylic acids is 1. The maximum Gasteiger partial charge on any atom is 0.331 e. The maximum atomic E-state index is 11.0. The van der Waals surface area contributed by atoms with Crippen LogP contribution in [0, 0.1) is 5.92 Å². The van der Waals surface area contributed by atoms with Crippen LogP contribution in [0.15, 0.2) is 40.1 Å². The number of hydrogen-bond donors (Lipinski definition) is 1. The van der Waals surface area contributed by atoms with Gasteiger partial charge in [0.15, 0.2) is 0 Å². The fourth-order valence-corrected chi connectivity index (χ4v) is 2.97. The molecule has 0 bridgehead atoms. The van der Waals surface area contributed by atoms with E-state index in [0.717, 1.165) is 11.3 Å². The highest BCUT2D eigenvalue weighted by Gasteiger charge is 2.26. The van der Waals surface area contributed by atoms with Gasteiger partial charge in [-0.15, -0.1) is 0 Å². The molecular formula is C15H17NO2. The highest BCUT2D eigenvalue weighted by atomic mass is 16.4. The molecule has 3 nitrogen and oxygen atoms in total. The van der Waals surface area contributed by atoms with Gasteiger partial charge in [0.2, 0.25) is 0 Å². The van der Waals surface area contributed by atoms with E-state index in [1.807, 2.05) is 6.08 Å². The average Bonchev–Trinajstić information content (AvgIpc) is 2.82. The molecule has 0 spiro atoms. The van der Waals surface area contributed by atoms with E-state index in [1.54, 1.807) is 6.08 Å². The first-order valence-corrected chi connectivity index (χ1v) is 6.68. The third kappa shape index (κ3) is 2.05. The van der Waals surface area contributed by atoms with E-state index < -0.39 is 5.97 Å². The van der Waals surface area contributed by atoms with Gasteiger partial charge in [-0.1, -0.05) is 31.4 Å². The molecular weight excluding hydrogens is 226 g/mol. The summed E-state index contributed by atoms with van der Waals surface area (Å²) in [6.45, 7) is 0. The molecule has 3 heteroatoms. The van der Waals surface area contributed by atoms with Gasteiger partial charge in [-0.2, -0.15) is 0 Å². The highest BCUT2D eigenvalue weighted by Crippen LogP contribution is 2.35. The van der Waals surface area contributed by atoms with Gasteiger partial charge in [-0.05, 0) is 24.5 Å². The highest BCUT2D eigenvalue weighted by molar-refractivity contribution is 6.11. The molecule has 1 heterocycles. The SMILES string of the molecule is O=C(O)C1=CC=C2C=C(C3CCCCC3)N=C2C1. The van der Waals surface area contributed by atoms with E-state index in [9.17, 15) is 4.79 Å². The lowest BCUT2D eigenvalue weighted by molar-refractivity contribution is -0.132. The fourth-order valence-electron chi connectivity index (χ4n) is 2.97. The molecule has 3 aliphatic rings. The van der Waals surface area contributed by atoms with Crippen molar-refractivity contribution in [2.24, 2.45) is 10.9 Å². The molecule has 0 unspecified atom stereocenters. The summed E-state index contributed by atoms with van der Waals surface area (Å²) in [4.78, 5) is 15.6. The molecule has 94 valence electrons. The predicted molar refractivity (Wildman–Crippen MR) is 70.5 cm³/mol. The maximum absolute atomic E-state index is 11.0. The molecule has 0 atom stereocenters. The van der Waals surface area contributed by atoms with Crippen LogP contribution in [-0.4, -0.2) is 16.8 Å². The van der Waals surface area contributed by atoms with Crippen LogP contribution in [0.2, 0.25) is 0 Å².